The van der Waals surface area contributed by atoms with Gasteiger partial charge in [-0.15, -0.1) is 0 Å². The Balaban J connectivity index is 1.72. The van der Waals surface area contributed by atoms with Gasteiger partial charge in [0.05, 0.1) is 13.7 Å². The quantitative estimate of drug-likeness (QED) is 0.553. The maximum absolute atomic E-state index is 11.3. The van der Waals surface area contributed by atoms with Crippen molar-refractivity contribution in [2.75, 3.05) is 13.7 Å². The molecule has 3 rings (SSSR count). The van der Waals surface area contributed by atoms with Crippen molar-refractivity contribution in [3.63, 3.8) is 0 Å². The maximum atomic E-state index is 11.3. The second kappa shape index (κ2) is 10.1. The molecule has 1 aliphatic rings. The monoisotopic (exact) mass is 366 g/mol. The second-order valence-corrected chi connectivity index (χ2v) is 7.44. The first kappa shape index (κ1) is 19.5. The van der Waals surface area contributed by atoms with Crippen molar-refractivity contribution in [3.05, 3.63) is 54.1 Å². The summed E-state index contributed by atoms with van der Waals surface area (Å²) in [7, 11) is 1.44. The number of carbonyl (C=O) groups excluding carboxylic acids is 1. The molecule has 2 aromatic rings. The highest BCUT2D eigenvalue weighted by atomic mass is 16.5. The Bertz CT molecular complexity index is 718. The molecule has 0 radical (unpaired) electrons. The van der Waals surface area contributed by atoms with Crippen LogP contribution >= 0.6 is 0 Å². The van der Waals surface area contributed by atoms with Gasteiger partial charge >= 0.3 is 5.97 Å². The standard InChI is InChI=1S/C24H30O3/c1-26-24(25)14-8-11-19-15-16-23(27-18-20-9-4-2-5-10-20)22(17-19)21-12-6-3-7-13-21/h3,6-7,12-13,15-17,20H,2,4-5,8-11,14,18H2,1H3. The van der Waals surface area contributed by atoms with Crippen LogP contribution < -0.4 is 4.74 Å². The fourth-order valence-electron chi connectivity index (χ4n) is 3.80. The molecule has 3 nitrogen and oxygen atoms in total. The molecule has 1 aliphatic carbocycles. The molecule has 0 unspecified atom stereocenters. The van der Waals surface area contributed by atoms with E-state index in [0.717, 1.165) is 30.8 Å². The van der Waals surface area contributed by atoms with Crippen molar-refractivity contribution in [2.45, 2.75) is 51.4 Å². The Morgan fingerprint density at radius 3 is 2.56 bits per heavy atom. The predicted molar refractivity (Wildman–Crippen MR) is 109 cm³/mol. The minimum Gasteiger partial charge on any atom is -0.493 e. The Morgan fingerprint density at radius 1 is 1.04 bits per heavy atom. The average molecular weight is 367 g/mol. The van der Waals surface area contributed by atoms with E-state index in [-0.39, 0.29) is 5.97 Å². The molecule has 27 heavy (non-hydrogen) atoms. The molecule has 1 saturated carbocycles. The minimum absolute atomic E-state index is 0.147. The van der Waals surface area contributed by atoms with E-state index in [0.29, 0.717) is 12.3 Å². The highest BCUT2D eigenvalue weighted by Gasteiger charge is 2.15. The van der Waals surface area contributed by atoms with Crippen molar-refractivity contribution < 1.29 is 14.3 Å². The third kappa shape index (κ3) is 5.85. The lowest BCUT2D eigenvalue weighted by molar-refractivity contribution is -0.140. The minimum atomic E-state index is -0.147. The smallest absolute Gasteiger partial charge is 0.305 e. The summed E-state index contributed by atoms with van der Waals surface area (Å²) in [4.78, 5) is 11.3. The van der Waals surface area contributed by atoms with Crippen molar-refractivity contribution in [1.29, 1.82) is 0 Å². The van der Waals surface area contributed by atoms with Gasteiger partial charge < -0.3 is 9.47 Å². The number of carbonyl (C=O) groups is 1. The molecule has 2 aromatic carbocycles. The Morgan fingerprint density at radius 2 is 1.81 bits per heavy atom. The van der Waals surface area contributed by atoms with Gasteiger partial charge in [-0.05, 0) is 54.9 Å². The van der Waals surface area contributed by atoms with Gasteiger partial charge in [-0.3, -0.25) is 4.79 Å². The Kier molecular flexibility index (Phi) is 7.32. The normalized spacial score (nSPS) is 14.7. The van der Waals surface area contributed by atoms with E-state index in [1.165, 1.54) is 50.3 Å². The van der Waals surface area contributed by atoms with Gasteiger partial charge in [0.2, 0.25) is 0 Å². The summed E-state index contributed by atoms with van der Waals surface area (Å²) >= 11 is 0. The van der Waals surface area contributed by atoms with E-state index in [1.807, 2.05) is 6.07 Å². The van der Waals surface area contributed by atoms with E-state index in [9.17, 15) is 4.79 Å². The molecule has 0 N–H and O–H groups in total. The molecular formula is C24H30O3. The van der Waals surface area contributed by atoms with E-state index >= 15 is 0 Å². The molecule has 144 valence electrons. The van der Waals surface area contributed by atoms with Crippen LogP contribution in [0.25, 0.3) is 11.1 Å². The summed E-state index contributed by atoms with van der Waals surface area (Å²) < 4.78 is 11.0. The maximum Gasteiger partial charge on any atom is 0.305 e. The van der Waals surface area contributed by atoms with Gasteiger partial charge in [0, 0.05) is 12.0 Å². The van der Waals surface area contributed by atoms with Crippen molar-refractivity contribution in [2.24, 2.45) is 5.92 Å². The Hall–Kier alpha value is -2.29. The first-order valence-electron chi connectivity index (χ1n) is 10.1. The van der Waals surface area contributed by atoms with E-state index in [2.05, 4.69) is 42.5 Å². The van der Waals surface area contributed by atoms with Gasteiger partial charge in [-0.1, -0.05) is 55.7 Å². The van der Waals surface area contributed by atoms with Crippen LogP contribution in [0, 0.1) is 5.92 Å². The topological polar surface area (TPSA) is 35.5 Å². The summed E-state index contributed by atoms with van der Waals surface area (Å²) in [5.41, 5.74) is 3.54. The van der Waals surface area contributed by atoms with Gasteiger partial charge in [-0.2, -0.15) is 0 Å². The van der Waals surface area contributed by atoms with Crippen LogP contribution in [0.2, 0.25) is 0 Å². The zero-order valence-corrected chi connectivity index (χ0v) is 16.3. The molecule has 0 bridgehead atoms. The van der Waals surface area contributed by atoms with Crippen LogP contribution in [-0.4, -0.2) is 19.7 Å². The van der Waals surface area contributed by atoms with E-state index in [4.69, 9.17) is 9.47 Å². The molecule has 0 amide bonds. The summed E-state index contributed by atoms with van der Waals surface area (Å²) in [5.74, 6) is 1.50. The van der Waals surface area contributed by atoms with Crippen LogP contribution in [0.1, 0.15) is 50.5 Å². The van der Waals surface area contributed by atoms with E-state index < -0.39 is 0 Å². The number of hydrogen-bond acceptors (Lipinski definition) is 3. The first-order chi connectivity index (χ1) is 13.3. The number of ether oxygens (including phenoxy) is 2. The van der Waals surface area contributed by atoms with Crippen molar-refractivity contribution in [1.82, 2.24) is 0 Å². The number of benzene rings is 2. The predicted octanol–water partition coefficient (Wildman–Crippen LogP) is 5.81. The van der Waals surface area contributed by atoms with Crippen LogP contribution in [0.4, 0.5) is 0 Å². The van der Waals surface area contributed by atoms with Crippen LogP contribution in [0.15, 0.2) is 48.5 Å². The second-order valence-electron chi connectivity index (χ2n) is 7.44. The van der Waals surface area contributed by atoms with Crippen LogP contribution in [0.3, 0.4) is 0 Å². The molecule has 0 heterocycles. The first-order valence-corrected chi connectivity index (χ1v) is 10.1. The molecule has 0 aliphatic heterocycles. The number of hydrogen-bond donors (Lipinski definition) is 0. The number of esters is 1. The van der Waals surface area contributed by atoms with Gasteiger partial charge in [-0.25, -0.2) is 0 Å². The lowest BCUT2D eigenvalue weighted by atomic mass is 9.90. The summed E-state index contributed by atoms with van der Waals surface area (Å²) in [6.07, 6.45) is 8.71. The molecule has 1 fully saturated rings. The molecule has 0 saturated heterocycles. The fraction of sp³-hybridized carbons (Fsp3) is 0.458. The summed E-state index contributed by atoms with van der Waals surface area (Å²) in [5, 5.41) is 0. The third-order valence-electron chi connectivity index (χ3n) is 5.40. The fourth-order valence-corrected chi connectivity index (χ4v) is 3.80. The van der Waals surface area contributed by atoms with Crippen molar-refractivity contribution >= 4 is 5.97 Å². The number of methoxy groups -OCH3 is 1. The Labute approximate surface area is 162 Å². The molecular weight excluding hydrogens is 336 g/mol. The molecule has 0 atom stereocenters. The van der Waals surface area contributed by atoms with Crippen LogP contribution in [0.5, 0.6) is 5.75 Å². The molecule has 3 heteroatoms. The molecule has 0 spiro atoms. The van der Waals surface area contributed by atoms with Gasteiger partial charge in [0.25, 0.3) is 0 Å². The molecule has 0 aromatic heterocycles. The average Bonchev–Trinajstić information content (AvgIpc) is 2.74. The zero-order chi connectivity index (χ0) is 18.9. The SMILES string of the molecule is COC(=O)CCCc1ccc(OCC2CCCCC2)c(-c2ccccc2)c1. The third-order valence-corrected chi connectivity index (χ3v) is 5.40. The highest BCUT2D eigenvalue weighted by molar-refractivity contribution is 5.71. The van der Waals surface area contributed by atoms with Gasteiger partial charge in [0.15, 0.2) is 0 Å². The largest absolute Gasteiger partial charge is 0.493 e. The van der Waals surface area contributed by atoms with Crippen LogP contribution in [-0.2, 0) is 16.0 Å². The number of rotatable bonds is 8. The lowest BCUT2D eigenvalue weighted by Gasteiger charge is -2.22. The highest BCUT2D eigenvalue weighted by Crippen LogP contribution is 2.33. The summed E-state index contributed by atoms with van der Waals surface area (Å²) in [6, 6.07) is 16.8. The van der Waals surface area contributed by atoms with Crippen molar-refractivity contribution in [3.8, 4) is 16.9 Å². The van der Waals surface area contributed by atoms with Gasteiger partial charge in [0.1, 0.15) is 5.75 Å². The lowest BCUT2D eigenvalue weighted by Crippen LogP contribution is -2.15. The van der Waals surface area contributed by atoms with E-state index in [1.54, 1.807) is 0 Å². The number of aryl methyl sites for hydroxylation is 1. The zero-order valence-electron chi connectivity index (χ0n) is 16.3. The summed E-state index contributed by atoms with van der Waals surface area (Å²) in [6.45, 7) is 0.807.